The van der Waals surface area contributed by atoms with Crippen molar-refractivity contribution in [2.75, 3.05) is 0 Å². The van der Waals surface area contributed by atoms with Gasteiger partial charge in [0.05, 0.1) is 18.2 Å². The number of ether oxygens (including phenoxy) is 1. The second-order valence-corrected chi connectivity index (χ2v) is 6.56. The zero-order chi connectivity index (χ0) is 23.3. The second-order valence-electron chi connectivity index (χ2n) is 6.56. The van der Waals surface area contributed by atoms with Crippen LogP contribution in [0.3, 0.4) is 0 Å². The molecule has 0 spiro atoms. The van der Waals surface area contributed by atoms with E-state index in [1.165, 1.54) is 12.1 Å². The topological polar surface area (TPSA) is 117 Å². The van der Waals surface area contributed by atoms with Gasteiger partial charge in [0.25, 0.3) is 11.5 Å². The Labute approximate surface area is 178 Å². The summed E-state index contributed by atoms with van der Waals surface area (Å²) in [4.78, 5) is 39.2. The van der Waals surface area contributed by atoms with Crippen molar-refractivity contribution in [1.29, 1.82) is 5.26 Å². The third-order valence-corrected chi connectivity index (χ3v) is 4.31. The number of carbonyl (C=O) groups excluding carboxylic acids is 1. The highest BCUT2D eigenvalue weighted by atomic mass is 19.4. The van der Waals surface area contributed by atoms with Crippen LogP contribution >= 0.6 is 0 Å². The molecule has 32 heavy (non-hydrogen) atoms. The van der Waals surface area contributed by atoms with Crippen molar-refractivity contribution in [2.24, 2.45) is 0 Å². The number of hydrogen-bond acceptors (Lipinski definition) is 5. The third kappa shape index (κ3) is 5.63. The van der Waals surface area contributed by atoms with E-state index in [1.54, 1.807) is 36.4 Å². The van der Waals surface area contributed by atoms with Crippen LogP contribution in [0, 0.1) is 11.3 Å². The maximum Gasteiger partial charge on any atom is 0.573 e. The predicted molar refractivity (Wildman–Crippen MR) is 106 cm³/mol. The minimum absolute atomic E-state index is 0.000286. The van der Waals surface area contributed by atoms with E-state index in [1.807, 2.05) is 0 Å². The molecule has 1 heterocycles. The molecule has 11 heteroatoms. The molecule has 0 aliphatic heterocycles. The van der Waals surface area contributed by atoms with Crippen LogP contribution in [-0.4, -0.2) is 21.8 Å². The van der Waals surface area contributed by atoms with Gasteiger partial charge in [-0.25, -0.2) is 4.79 Å². The highest BCUT2D eigenvalue weighted by molar-refractivity contribution is 5.92. The molecule has 0 aliphatic carbocycles. The van der Waals surface area contributed by atoms with Crippen LogP contribution in [0.5, 0.6) is 5.75 Å². The van der Waals surface area contributed by atoms with Crippen LogP contribution in [0.1, 0.15) is 27.2 Å². The summed E-state index contributed by atoms with van der Waals surface area (Å²) in [6.45, 7) is -0.411. The fraction of sp³-hybridized carbons (Fsp3) is 0.143. The van der Waals surface area contributed by atoms with E-state index in [-0.39, 0.29) is 23.4 Å². The molecule has 0 saturated carbocycles. The minimum Gasteiger partial charge on any atom is -0.405 e. The molecule has 3 aromatic rings. The van der Waals surface area contributed by atoms with Gasteiger partial charge >= 0.3 is 12.1 Å². The molecule has 0 bridgehead atoms. The number of nitrogens with one attached hydrogen (secondary N) is 2. The molecule has 0 atom stereocenters. The predicted octanol–water partition coefficient (Wildman–Crippen LogP) is 2.29. The van der Waals surface area contributed by atoms with Gasteiger partial charge in [-0.05, 0) is 17.7 Å². The first kappa shape index (κ1) is 22.4. The summed E-state index contributed by atoms with van der Waals surface area (Å²) in [5.41, 5.74) is -1.31. The van der Waals surface area contributed by atoms with Crippen LogP contribution in [-0.2, 0) is 13.1 Å². The lowest BCUT2D eigenvalue weighted by atomic mass is 10.1. The summed E-state index contributed by atoms with van der Waals surface area (Å²) in [6, 6.07) is 14.7. The fourth-order valence-corrected chi connectivity index (χ4v) is 2.82. The number of H-pyrrole nitrogens is 1. The Balaban J connectivity index is 1.78. The average Bonchev–Trinajstić information content (AvgIpc) is 2.74. The van der Waals surface area contributed by atoms with Crippen LogP contribution < -0.4 is 21.3 Å². The van der Waals surface area contributed by atoms with Gasteiger partial charge in [-0.2, -0.15) is 5.26 Å². The molecule has 0 aliphatic rings. The van der Waals surface area contributed by atoms with E-state index < -0.39 is 35.8 Å². The van der Waals surface area contributed by atoms with Crippen molar-refractivity contribution >= 4 is 5.91 Å². The Bertz CT molecular complexity index is 1260. The van der Waals surface area contributed by atoms with Crippen molar-refractivity contribution in [3.05, 3.63) is 97.8 Å². The number of aromatic amines is 1. The number of rotatable bonds is 6. The lowest BCUT2D eigenvalue weighted by Gasteiger charge is -2.14. The Hall–Kier alpha value is -4.33. The average molecular weight is 444 g/mol. The Morgan fingerprint density at radius 2 is 1.84 bits per heavy atom. The zero-order valence-corrected chi connectivity index (χ0v) is 16.3. The molecule has 0 saturated heterocycles. The smallest absolute Gasteiger partial charge is 0.405 e. The van der Waals surface area contributed by atoms with E-state index >= 15 is 0 Å². The quantitative estimate of drug-likeness (QED) is 0.605. The first-order valence-electron chi connectivity index (χ1n) is 9.11. The molecule has 3 rings (SSSR count). The number of halogens is 3. The number of amides is 1. The number of hydrogen-bond donors (Lipinski definition) is 2. The van der Waals surface area contributed by atoms with Crippen molar-refractivity contribution in [3.63, 3.8) is 0 Å². The summed E-state index contributed by atoms with van der Waals surface area (Å²) in [7, 11) is 0. The zero-order valence-electron chi connectivity index (χ0n) is 16.3. The van der Waals surface area contributed by atoms with E-state index in [0.29, 0.717) is 5.56 Å². The molecule has 0 radical (unpaired) electrons. The molecule has 2 N–H and O–H groups in total. The van der Waals surface area contributed by atoms with E-state index in [4.69, 9.17) is 5.26 Å². The third-order valence-electron chi connectivity index (χ3n) is 4.31. The first-order valence-corrected chi connectivity index (χ1v) is 9.11. The van der Waals surface area contributed by atoms with Crippen molar-refractivity contribution < 1.29 is 22.7 Å². The van der Waals surface area contributed by atoms with Gasteiger partial charge in [-0.15, -0.1) is 13.2 Å². The van der Waals surface area contributed by atoms with Gasteiger partial charge < -0.3 is 15.0 Å². The van der Waals surface area contributed by atoms with Crippen LogP contribution in [0.2, 0.25) is 0 Å². The monoisotopic (exact) mass is 444 g/mol. The number of nitrogens with zero attached hydrogens (tertiary/aromatic N) is 2. The van der Waals surface area contributed by atoms with Crippen LogP contribution in [0.15, 0.2) is 64.2 Å². The van der Waals surface area contributed by atoms with Crippen molar-refractivity contribution in [2.45, 2.75) is 19.5 Å². The summed E-state index contributed by atoms with van der Waals surface area (Å²) >= 11 is 0. The molecule has 2 aromatic carbocycles. The standard InChI is InChI=1S/C21H15F3N4O4/c22-21(23,24)32-17-8-14(10-25)6-7-15(17)11-26-19(30)16-9-18(29)28(20(31)27-16)12-13-4-2-1-3-5-13/h1-9H,11-12H2,(H,26,30)(H,27,31). The van der Waals surface area contributed by atoms with Crippen LogP contribution in [0.25, 0.3) is 0 Å². The maximum absolute atomic E-state index is 12.6. The van der Waals surface area contributed by atoms with Gasteiger partial charge in [-0.1, -0.05) is 36.4 Å². The van der Waals surface area contributed by atoms with E-state index in [2.05, 4.69) is 15.0 Å². The van der Waals surface area contributed by atoms with Gasteiger partial charge in [0.15, 0.2) is 0 Å². The molecule has 0 fully saturated rings. The minimum atomic E-state index is -5.00. The SMILES string of the molecule is N#Cc1ccc(CNC(=O)c2cc(=O)n(Cc3ccccc3)c(=O)[nH]2)c(OC(F)(F)F)c1. The number of alkyl halides is 3. The van der Waals surface area contributed by atoms with Crippen LogP contribution in [0.4, 0.5) is 13.2 Å². The Kier molecular flexibility index (Phi) is 6.44. The normalized spacial score (nSPS) is 10.9. The molecular weight excluding hydrogens is 429 g/mol. The summed E-state index contributed by atoms with van der Waals surface area (Å²) < 4.78 is 42.7. The van der Waals surface area contributed by atoms with Gasteiger partial charge in [0.2, 0.25) is 0 Å². The lowest BCUT2D eigenvalue weighted by molar-refractivity contribution is -0.274. The lowest BCUT2D eigenvalue weighted by Crippen LogP contribution is -2.38. The van der Waals surface area contributed by atoms with Crippen molar-refractivity contribution in [3.8, 4) is 11.8 Å². The van der Waals surface area contributed by atoms with E-state index in [9.17, 15) is 27.6 Å². The molecule has 1 aromatic heterocycles. The molecule has 8 nitrogen and oxygen atoms in total. The fourth-order valence-electron chi connectivity index (χ4n) is 2.82. The maximum atomic E-state index is 12.6. The molecule has 164 valence electrons. The summed E-state index contributed by atoms with van der Waals surface area (Å²) in [6.07, 6.45) is -5.00. The Morgan fingerprint density at radius 1 is 1.12 bits per heavy atom. The molecular formula is C21H15F3N4O4. The van der Waals surface area contributed by atoms with Gasteiger partial charge in [0.1, 0.15) is 11.4 Å². The number of carbonyl (C=O) groups is 1. The largest absolute Gasteiger partial charge is 0.573 e. The molecule has 0 unspecified atom stereocenters. The summed E-state index contributed by atoms with van der Waals surface area (Å²) in [5.74, 6) is -1.53. The highest BCUT2D eigenvalue weighted by Crippen LogP contribution is 2.27. The second kappa shape index (κ2) is 9.22. The summed E-state index contributed by atoms with van der Waals surface area (Å²) in [5, 5.41) is 11.2. The van der Waals surface area contributed by atoms with Gasteiger partial charge in [-0.3, -0.25) is 14.2 Å². The highest BCUT2D eigenvalue weighted by Gasteiger charge is 2.32. The van der Waals surface area contributed by atoms with Gasteiger partial charge in [0, 0.05) is 18.2 Å². The first-order chi connectivity index (χ1) is 15.2. The molecule has 1 amide bonds. The van der Waals surface area contributed by atoms with Crippen molar-refractivity contribution in [1.82, 2.24) is 14.9 Å². The Morgan fingerprint density at radius 3 is 2.47 bits per heavy atom. The number of nitriles is 1. The number of benzene rings is 2. The van der Waals surface area contributed by atoms with E-state index in [0.717, 1.165) is 16.7 Å². The number of aromatic nitrogens is 2.